The lowest BCUT2D eigenvalue weighted by molar-refractivity contribution is -0.117. The zero-order chi connectivity index (χ0) is 8.97. The third-order valence-electron chi connectivity index (χ3n) is 2.42. The molecule has 0 atom stereocenters. The molecule has 1 radical (unpaired) electrons. The molecule has 1 aliphatic heterocycles. The van der Waals surface area contributed by atoms with E-state index in [1.807, 2.05) is 0 Å². The molecule has 0 unspecified atom stereocenters. The molecule has 0 aliphatic carbocycles. The molecule has 1 heterocycles. The molecule has 3 heteroatoms. The van der Waals surface area contributed by atoms with E-state index in [2.05, 4.69) is 18.4 Å². The van der Waals surface area contributed by atoms with Crippen molar-refractivity contribution in [3.8, 4) is 0 Å². The van der Waals surface area contributed by atoms with Gasteiger partial charge in [-0.25, -0.2) is 0 Å². The van der Waals surface area contributed by atoms with Crippen LogP contribution in [0.1, 0.15) is 19.3 Å². The van der Waals surface area contributed by atoms with Crippen LogP contribution in [0.15, 0.2) is 0 Å². The van der Waals surface area contributed by atoms with Crippen molar-refractivity contribution in [3.63, 3.8) is 0 Å². The van der Waals surface area contributed by atoms with Crippen molar-refractivity contribution in [3.05, 3.63) is 6.42 Å². The van der Waals surface area contributed by atoms with Gasteiger partial charge >= 0.3 is 0 Å². The fourth-order valence-electron chi connectivity index (χ4n) is 1.55. The Morgan fingerprint density at radius 2 is 2.17 bits per heavy atom. The molecule has 1 aliphatic rings. The predicted octanol–water partition coefficient (Wildman–Crippen LogP) is 0.408. The van der Waals surface area contributed by atoms with Crippen LogP contribution in [0.2, 0.25) is 0 Å². The number of nitrogens with two attached hydrogens (primary N) is 1. The first-order valence-electron chi connectivity index (χ1n) is 4.48. The van der Waals surface area contributed by atoms with E-state index >= 15 is 0 Å². The molecule has 1 rings (SSSR count). The monoisotopic (exact) mass is 169 g/mol. The normalized spacial score (nSPS) is 21.1. The van der Waals surface area contributed by atoms with E-state index in [1.165, 1.54) is 12.8 Å². The van der Waals surface area contributed by atoms with Gasteiger partial charge in [0.05, 0.1) is 0 Å². The molecule has 69 valence electrons. The summed E-state index contributed by atoms with van der Waals surface area (Å²) >= 11 is 0. The predicted molar refractivity (Wildman–Crippen MR) is 48.3 cm³/mol. The van der Waals surface area contributed by atoms with E-state index in [0.29, 0.717) is 12.3 Å². The molecule has 2 N–H and O–H groups in total. The summed E-state index contributed by atoms with van der Waals surface area (Å²) in [6, 6.07) is 0. The maximum atomic E-state index is 10.5. The van der Waals surface area contributed by atoms with Crippen molar-refractivity contribution in [2.75, 3.05) is 20.1 Å². The third kappa shape index (κ3) is 3.22. The fraction of sp³-hybridized carbons (Fsp3) is 0.778. The first-order chi connectivity index (χ1) is 5.68. The van der Waals surface area contributed by atoms with E-state index in [4.69, 9.17) is 5.73 Å². The molecule has 0 aromatic carbocycles. The number of amides is 1. The second-order valence-corrected chi connectivity index (χ2v) is 3.55. The minimum absolute atomic E-state index is 0.214. The first-order valence-corrected chi connectivity index (χ1v) is 4.48. The van der Waals surface area contributed by atoms with E-state index in [-0.39, 0.29) is 5.91 Å². The second kappa shape index (κ2) is 4.45. The summed E-state index contributed by atoms with van der Waals surface area (Å²) in [6.07, 6.45) is 4.84. The number of piperidine rings is 1. The molecule has 1 amide bonds. The Labute approximate surface area is 73.9 Å². The van der Waals surface area contributed by atoms with Crippen LogP contribution in [0.3, 0.4) is 0 Å². The lowest BCUT2D eigenvalue weighted by Gasteiger charge is -2.28. The van der Waals surface area contributed by atoms with Crippen molar-refractivity contribution in [1.29, 1.82) is 0 Å². The number of primary amides is 1. The molecular formula is C9H17N2O. The van der Waals surface area contributed by atoms with Gasteiger partial charge in [-0.05, 0) is 45.3 Å². The van der Waals surface area contributed by atoms with Crippen molar-refractivity contribution in [2.24, 2.45) is 11.7 Å². The third-order valence-corrected chi connectivity index (χ3v) is 2.42. The Hall–Kier alpha value is -0.570. The maximum absolute atomic E-state index is 10.5. The highest BCUT2D eigenvalue weighted by Crippen LogP contribution is 2.19. The topological polar surface area (TPSA) is 46.3 Å². The highest BCUT2D eigenvalue weighted by atomic mass is 16.1. The molecule has 0 saturated carbocycles. The van der Waals surface area contributed by atoms with E-state index in [1.54, 1.807) is 0 Å². The molecule has 1 fully saturated rings. The quantitative estimate of drug-likeness (QED) is 0.665. The summed E-state index contributed by atoms with van der Waals surface area (Å²) in [6.45, 7) is 2.28. The summed E-state index contributed by atoms with van der Waals surface area (Å²) in [5.74, 6) is 0.391. The maximum Gasteiger partial charge on any atom is 0.217 e. The number of nitrogens with zero attached hydrogens (tertiary/aromatic N) is 1. The van der Waals surface area contributed by atoms with Crippen LogP contribution in [0, 0.1) is 12.3 Å². The highest BCUT2D eigenvalue weighted by Gasteiger charge is 2.16. The number of carbonyl (C=O) groups is 1. The molecule has 0 spiro atoms. The van der Waals surface area contributed by atoms with Crippen molar-refractivity contribution in [1.82, 2.24) is 4.90 Å². The van der Waals surface area contributed by atoms with Crippen LogP contribution in [-0.4, -0.2) is 30.9 Å². The number of rotatable bonds is 3. The van der Waals surface area contributed by atoms with Gasteiger partial charge in [-0.1, -0.05) is 0 Å². The van der Waals surface area contributed by atoms with Crippen LogP contribution in [0.4, 0.5) is 0 Å². The number of hydrogen-bond acceptors (Lipinski definition) is 2. The van der Waals surface area contributed by atoms with Gasteiger partial charge in [0, 0.05) is 6.42 Å². The van der Waals surface area contributed by atoms with Gasteiger partial charge in [0.25, 0.3) is 0 Å². The molecular weight excluding hydrogens is 152 g/mol. The summed E-state index contributed by atoms with van der Waals surface area (Å²) in [7, 11) is 2.13. The summed E-state index contributed by atoms with van der Waals surface area (Å²) in [4.78, 5) is 12.8. The summed E-state index contributed by atoms with van der Waals surface area (Å²) in [5, 5.41) is 0. The molecule has 1 saturated heterocycles. The average molecular weight is 169 g/mol. The van der Waals surface area contributed by atoms with Crippen molar-refractivity contribution >= 4 is 5.91 Å². The van der Waals surface area contributed by atoms with Crippen LogP contribution >= 0.6 is 0 Å². The fourth-order valence-corrected chi connectivity index (χ4v) is 1.55. The minimum Gasteiger partial charge on any atom is -0.370 e. The molecule has 0 aromatic rings. The largest absolute Gasteiger partial charge is 0.370 e. The van der Waals surface area contributed by atoms with Crippen LogP contribution < -0.4 is 5.73 Å². The Balaban J connectivity index is 2.13. The van der Waals surface area contributed by atoms with Gasteiger partial charge in [-0.3, -0.25) is 4.79 Å². The Bertz CT molecular complexity index is 151. The van der Waals surface area contributed by atoms with Gasteiger partial charge < -0.3 is 10.6 Å². The van der Waals surface area contributed by atoms with Gasteiger partial charge in [0.15, 0.2) is 0 Å². The number of carbonyl (C=O) groups excluding carboxylic acids is 1. The zero-order valence-electron chi connectivity index (χ0n) is 7.62. The second-order valence-electron chi connectivity index (χ2n) is 3.55. The first kappa shape index (κ1) is 9.52. The lowest BCUT2D eigenvalue weighted by atomic mass is 9.92. The Morgan fingerprint density at radius 3 is 2.67 bits per heavy atom. The van der Waals surface area contributed by atoms with E-state index < -0.39 is 0 Å². The molecule has 0 aromatic heterocycles. The zero-order valence-corrected chi connectivity index (χ0v) is 7.62. The van der Waals surface area contributed by atoms with Gasteiger partial charge in [0.1, 0.15) is 0 Å². The van der Waals surface area contributed by atoms with Crippen LogP contribution in [-0.2, 0) is 4.79 Å². The van der Waals surface area contributed by atoms with Gasteiger partial charge in [0.2, 0.25) is 5.91 Å². The standard InChI is InChI=1S/C9H17N2O/c1-11-6-4-8(5-7-11)2-3-9(10)12/h2,8H,3-7H2,1H3,(H2,10,12). The van der Waals surface area contributed by atoms with E-state index in [9.17, 15) is 4.79 Å². The minimum atomic E-state index is -0.214. The Morgan fingerprint density at radius 1 is 1.58 bits per heavy atom. The molecule has 0 bridgehead atoms. The van der Waals surface area contributed by atoms with E-state index in [0.717, 1.165) is 13.1 Å². The highest BCUT2D eigenvalue weighted by molar-refractivity contribution is 5.74. The summed E-state index contributed by atoms with van der Waals surface area (Å²) in [5.41, 5.74) is 5.06. The SMILES string of the molecule is CN1CCC([CH]CC(N)=O)CC1. The number of hydrogen-bond donors (Lipinski definition) is 1. The lowest BCUT2D eigenvalue weighted by Crippen LogP contribution is -2.30. The molecule has 3 nitrogen and oxygen atoms in total. The van der Waals surface area contributed by atoms with Gasteiger partial charge in [-0.2, -0.15) is 0 Å². The van der Waals surface area contributed by atoms with Crippen LogP contribution in [0.25, 0.3) is 0 Å². The van der Waals surface area contributed by atoms with Gasteiger partial charge in [-0.15, -0.1) is 0 Å². The molecule has 12 heavy (non-hydrogen) atoms. The number of likely N-dealkylation sites (tertiary alicyclic amines) is 1. The smallest absolute Gasteiger partial charge is 0.217 e. The Kier molecular flexibility index (Phi) is 3.53. The van der Waals surface area contributed by atoms with Crippen LogP contribution in [0.5, 0.6) is 0 Å². The van der Waals surface area contributed by atoms with Crippen molar-refractivity contribution < 1.29 is 4.79 Å². The average Bonchev–Trinajstić information content (AvgIpc) is 2.03. The summed E-state index contributed by atoms with van der Waals surface area (Å²) < 4.78 is 0. The van der Waals surface area contributed by atoms with Crippen molar-refractivity contribution in [2.45, 2.75) is 19.3 Å².